The van der Waals surface area contributed by atoms with Crippen molar-refractivity contribution in [3.63, 3.8) is 0 Å². The molecule has 10 heteroatoms. The van der Waals surface area contributed by atoms with E-state index in [-0.39, 0.29) is 12.5 Å². The van der Waals surface area contributed by atoms with Gasteiger partial charge in [-0.05, 0) is 49.7 Å². The van der Waals surface area contributed by atoms with Crippen LogP contribution in [-0.4, -0.2) is 51.5 Å². The molecule has 0 bridgehead atoms. The molecule has 0 aliphatic rings. The number of hydrogen-bond acceptors (Lipinski definition) is 6. The summed E-state index contributed by atoms with van der Waals surface area (Å²) in [5.41, 5.74) is 4.42. The zero-order valence-corrected chi connectivity index (χ0v) is 21.1. The summed E-state index contributed by atoms with van der Waals surface area (Å²) in [4.78, 5) is 27.4. The van der Waals surface area contributed by atoms with E-state index in [1.165, 1.54) is 6.33 Å². The highest BCUT2D eigenvalue weighted by Gasteiger charge is 2.28. The molecule has 0 N–H and O–H groups in total. The lowest BCUT2D eigenvalue weighted by atomic mass is 10.0. The molecular weight excluding hydrogens is 483 g/mol. The van der Waals surface area contributed by atoms with Crippen molar-refractivity contribution < 1.29 is 22.7 Å². The smallest absolute Gasteiger partial charge is 0.389 e. The van der Waals surface area contributed by atoms with Gasteiger partial charge in [-0.1, -0.05) is 0 Å². The van der Waals surface area contributed by atoms with Crippen molar-refractivity contribution in [1.82, 2.24) is 19.4 Å². The molecule has 0 fully saturated rings. The number of carbonyl (C=O) groups is 1. The van der Waals surface area contributed by atoms with Gasteiger partial charge < -0.3 is 9.64 Å². The highest BCUT2D eigenvalue weighted by atomic mass is 19.4. The normalized spacial score (nSPS) is 11.8. The number of anilines is 1. The molecule has 7 nitrogen and oxygen atoms in total. The Morgan fingerprint density at radius 3 is 2.54 bits per heavy atom. The highest BCUT2D eigenvalue weighted by Crippen LogP contribution is 2.30. The van der Waals surface area contributed by atoms with Crippen LogP contribution in [0.15, 0.2) is 55.1 Å². The number of Topliss-reactive ketones (excluding diaryl/α,β-unsaturated/α-hetero) is 1. The van der Waals surface area contributed by atoms with E-state index in [1.807, 2.05) is 67.7 Å². The Balaban J connectivity index is 1.67. The molecule has 0 saturated heterocycles. The number of halogens is 3. The van der Waals surface area contributed by atoms with Gasteiger partial charge in [0.1, 0.15) is 29.3 Å². The summed E-state index contributed by atoms with van der Waals surface area (Å²) in [5, 5.41) is 0. The monoisotopic (exact) mass is 511 g/mol. The van der Waals surface area contributed by atoms with E-state index in [9.17, 15) is 18.0 Å². The third kappa shape index (κ3) is 6.63. The number of nitrogens with zero attached hydrogens (tertiary/aromatic N) is 5. The molecule has 0 unspecified atom stereocenters. The number of ether oxygens (including phenoxy) is 1. The Bertz CT molecular complexity index is 1410. The SMILES string of the molecule is CC(C)Oc1cc(CC(=O)CCC(F)(F)F)cc(-c2cnc3cc(-c4cc(N(C)C)ncn4)ccn23)c1. The lowest BCUT2D eigenvalue weighted by Crippen LogP contribution is -2.12. The molecule has 37 heavy (non-hydrogen) atoms. The molecule has 3 heterocycles. The summed E-state index contributed by atoms with van der Waals surface area (Å²) in [6.45, 7) is 3.76. The molecule has 0 saturated carbocycles. The van der Waals surface area contributed by atoms with Crippen molar-refractivity contribution >= 4 is 17.2 Å². The van der Waals surface area contributed by atoms with Crippen LogP contribution in [0.3, 0.4) is 0 Å². The van der Waals surface area contributed by atoms with Crippen LogP contribution < -0.4 is 9.64 Å². The molecule has 0 amide bonds. The fraction of sp³-hybridized carbons (Fsp3) is 0.333. The number of rotatable bonds is 9. The molecule has 0 aliphatic carbocycles. The van der Waals surface area contributed by atoms with Gasteiger partial charge in [0, 0.05) is 50.3 Å². The predicted molar refractivity (Wildman–Crippen MR) is 136 cm³/mol. The van der Waals surface area contributed by atoms with E-state index in [4.69, 9.17) is 4.74 Å². The number of benzene rings is 1. The van der Waals surface area contributed by atoms with Crippen LogP contribution in [0.5, 0.6) is 5.75 Å². The van der Waals surface area contributed by atoms with Gasteiger partial charge >= 0.3 is 6.18 Å². The van der Waals surface area contributed by atoms with Gasteiger partial charge in [-0.3, -0.25) is 9.20 Å². The first-order valence-electron chi connectivity index (χ1n) is 11.8. The summed E-state index contributed by atoms with van der Waals surface area (Å²) in [5.74, 6) is 0.845. The number of imidazole rings is 1. The van der Waals surface area contributed by atoms with Crippen LogP contribution in [0.2, 0.25) is 0 Å². The second-order valence-corrected chi connectivity index (χ2v) is 9.31. The average Bonchev–Trinajstić information content (AvgIpc) is 3.25. The topological polar surface area (TPSA) is 72.6 Å². The zero-order valence-electron chi connectivity index (χ0n) is 21.1. The standard InChI is InChI=1S/C27H28F3N5O2/c1-17(2)37-22-11-18(10-21(36)5-7-27(28,29)30)9-20(12-22)24-15-31-26-13-19(6-8-35(24)26)23-14-25(34(3)4)33-16-32-23/h6,8-9,11-17H,5,7,10H2,1-4H3. The van der Waals surface area contributed by atoms with Crippen molar-refractivity contribution in [2.75, 3.05) is 19.0 Å². The fourth-order valence-electron chi connectivity index (χ4n) is 3.95. The Morgan fingerprint density at radius 1 is 1.05 bits per heavy atom. The van der Waals surface area contributed by atoms with Crippen molar-refractivity contribution in [3.8, 4) is 28.3 Å². The zero-order chi connectivity index (χ0) is 26.7. The fourth-order valence-corrected chi connectivity index (χ4v) is 3.95. The molecule has 0 spiro atoms. The molecular formula is C27H28F3N5O2. The van der Waals surface area contributed by atoms with Crippen molar-refractivity contribution in [2.24, 2.45) is 0 Å². The second-order valence-electron chi connectivity index (χ2n) is 9.31. The van der Waals surface area contributed by atoms with Gasteiger partial charge in [0.2, 0.25) is 0 Å². The third-order valence-corrected chi connectivity index (χ3v) is 5.64. The number of hydrogen-bond donors (Lipinski definition) is 0. The lowest BCUT2D eigenvalue weighted by molar-refractivity contribution is -0.143. The molecule has 1 aromatic carbocycles. The van der Waals surface area contributed by atoms with Crippen LogP contribution >= 0.6 is 0 Å². The number of pyridine rings is 1. The number of carbonyl (C=O) groups excluding carboxylic acids is 1. The lowest BCUT2D eigenvalue weighted by Gasteiger charge is -2.14. The molecule has 4 aromatic rings. The highest BCUT2D eigenvalue weighted by molar-refractivity contribution is 5.82. The average molecular weight is 512 g/mol. The Morgan fingerprint density at radius 2 is 1.84 bits per heavy atom. The van der Waals surface area contributed by atoms with Gasteiger partial charge in [0.05, 0.1) is 30.1 Å². The summed E-state index contributed by atoms with van der Waals surface area (Å²) in [6.07, 6.45) is -1.15. The molecule has 0 aliphatic heterocycles. The first-order chi connectivity index (χ1) is 17.5. The van der Waals surface area contributed by atoms with E-state index in [2.05, 4.69) is 15.0 Å². The summed E-state index contributed by atoms with van der Waals surface area (Å²) < 4.78 is 45.5. The van der Waals surface area contributed by atoms with Gasteiger partial charge in [-0.15, -0.1) is 0 Å². The van der Waals surface area contributed by atoms with Crippen LogP contribution in [0.25, 0.3) is 28.2 Å². The van der Waals surface area contributed by atoms with Crippen LogP contribution in [0, 0.1) is 0 Å². The van der Waals surface area contributed by atoms with Crippen LogP contribution in [0.1, 0.15) is 32.3 Å². The maximum atomic E-state index is 12.6. The van der Waals surface area contributed by atoms with Gasteiger partial charge in [0.15, 0.2) is 0 Å². The number of aromatic nitrogens is 4. The summed E-state index contributed by atoms with van der Waals surface area (Å²) >= 11 is 0. The minimum absolute atomic E-state index is 0.110. The minimum Gasteiger partial charge on any atom is -0.491 e. The van der Waals surface area contributed by atoms with E-state index >= 15 is 0 Å². The third-order valence-electron chi connectivity index (χ3n) is 5.64. The van der Waals surface area contributed by atoms with Crippen molar-refractivity contribution in [2.45, 2.75) is 45.4 Å². The number of alkyl halides is 3. The Kier molecular flexibility index (Phi) is 7.47. The van der Waals surface area contributed by atoms with E-state index in [0.29, 0.717) is 17.0 Å². The Labute approximate surface area is 213 Å². The van der Waals surface area contributed by atoms with Crippen molar-refractivity contribution in [1.29, 1.82) is 0 Å². The van der Waals surface area contributed by atoms with Crippen LogP contribution in [-0.2, 0) is 11.2 Å². The maximum Gasteiger partial charge on any atom is 0.389 e. The largest absolute Gasteiger partial charge is 0.491 e. The van der Waals surface area contributed by atoms with Gasteiger partial charge in [-0.2, -0.15) is 13.2 Å². The molecule has 4 rings (SSSR count). The molecule has 0 atom stereocenters. The molecule has 3 aromatic heterocycles. The minimum atomic E-state index is -4.36. The Hall–Kier alpha value is -3.95. The first-order valence-corrected chi connectivity index (χ1v) is 11.8. The maximum absolute atomic E-state index is 12.6. The quantitative estimate of drug-likeness (QED) is 0.284. The first kappa shape index (κ1) is 26.1. The van der Waals surface area contributed by atoms with Gasteiger partial charge in [-0.25, -0.2) is 15.0 Å². The summed E-state index contributed by atoms with van der Waals surface area (Å²) in [6, 6.07) is 11.1. The summed E-state index contributed by atoms with van der Waals surface area (Å²) in [7, 11) is 3.82. The second kappa shape index (κ2) is 10.6. The number of ketones is 1. The number of fused-ring (bicyclic) bond motifs is 1. The van der Waals surface area contributed by atoms with Crippen LogP contribution in [0.4, 0.5) is 19.0 Å². The van der Waals surface area contributed by atoms with Crippen molar-refractivity contribution in [3.05, 3.63) is 60.7 Å². The van der Waals surface area contributed by atoms with E-state index in [0.717, 1.165) is 28.3 Å². The van der Waals surface area contributed by atoms with E-state index in [1.54, 1.807) is 18.3 Å². The molecule has 194 valence electrons. The van der Waals surface area contributed by atoms with E-state index < -0.39 is 24.8 Å². The van der Waals surface area contributed by atoms with Gasteiger partial charge in [0.25, 0.3) is 0 Å². The molecule has 0 radical (unpaired) electrons. The predicted octanol–water partition coefficient (Wildman–Crippen LogP) is 5.77.